The predicted octanol–water partition coefficient (Wildman–Crippen LogP) is 3.40. The number of hydrogen-bond donors (Lipinski definition) is 0. The summed E-state index contributed by atoms with van der Waals surface area (Å²) >= 11 is 2.25. The van der Waals surface area contributed by atoms with Crippen LogP contribution >= 0.6 is 22.6 Å². The van der Waals surface area contributed by atoms with Crippen molar-refractivity contribution in [2.45, 2.75) is 20.8 Å². The van der Waals surface area contributed by atoms with E-state index in [2.05, 4.69) is 65.0 Å². The zero-order valence-electron chi connectivity index (χ0n) is 9.08. The molecule has 15 heavy (non-hydrogen) atoms. The highest BCUT2D eigenvalue weighted by Crippen LogP contribution is 2.22. The molecule has 2 aromatic rings. The molecule has 0 aliphatic heterocycles. The van der Waals surface area contributed by atoms with Crippen LogP contribution in [0.5, 0.6) is 0 Å². The van der Waals surface area contributed by atoms with Crippen LogP contribution in [0.1, 0.15) is 16.7 Å². The van der Waals surface area contributed by atoms with Gasteiger partial charge in [-0.25, -0.2) is 4.98 Å². The summed E-state index contributed by atoms with van der Waals surface area (Å²) in [6.07, 6.45) is 3.83. The third-order valence-corrected chi connectivity index (χ3v) is 3.68. The Balaban J connectivity index is 2.65. The first-order chi connectivity index (χ1) is 7.11. The van der Waals surface area contributed by atoms with E-state index in [4.69, 9.17) is 0 Å². The lowest BCUT2D eigenvalue weighted by molar-refractivity contribution is 0.988. The Kier molecular flexibility index (Phi) is 2.82. The Bertz CT molecular complexity index is 500. The van der Waals surface area contributed by atoms with Gasteiger partial charge in [0.2, 0.25) is 0 Å². The van der Waals surface area contributed by atoms with Crippen LogP contribution in [0.2, 0.25) is 0 Å². The van der Waals surface area contributed by atoms with Crippen LogP contribution in [-0.4, -0.2) is 9.55 Å². The highest BCUT2D eigenvalue weighted by atomic mass is 127. The van der Waals surface area contributed by atoms with E-state index >= 15 is 0 Å². The van der Waals surface area contributed by atoms with Crippen LogP contribution in [0.25, 0.3) is 5.69 Å². The van der Waals surface area contributed by atoms with Gasteiger partial charge in [0.05, 0.1) is 5.69 Å². The molecule has 78 valence electrons. The molecule has 2 rings (SSSR count). The van der Waals surface area contributed by atoms with Crippen molar-refractivity contribution < 1.29 is 0 Å². The van der Waals surface area contributed by atoms with E-state index in [-0.39, 0.29) is 0 Å². The number of aromatic nitrogens is 2. The lowest BCUT2D eigenvalue weighted by Crippen LogP contribution is -2.00. The third-order valence-electron chi connectivity index (χ3n) is 2.88. The average Bonchev–Trinajstić information content (AvgIpc) is 2.62. The fraction of sp³-hybridized carbons (Fsp3) is 0.250. The molecule has 1 aromatic heterocycles. The fourth-order valence-electron chi connectivity index (χ4n) is 1.67. The molecule has 0 amide bonds. The summed E-state index contributed by atoms with van der Waals surface area (Å²) < 4.78 is 3.11. The highest BCUT2D eigenvalue weighted by Gasteiger charge is 2.07. The SMILES string of the molecule is Cc1ccc(-n2ccnc2I)c(C)c1C. The minimum atomic E-state index is 0.999. The van der Waals surface area contributed by atoms with E-state index in [0.29, 0.717) is 0 Å². The van der Waals surface area contributed by atoms with Crippen LogP contribution in [0.15, 0.2) is 24.5 Å². The van der Waals surface area contributed by atoms with Gasteiger partial charge < -0.3 is 0 Å². The Hall–Kier alpha value is -0.840. The second-order valence-electron chi connectivity index (χ2n) is 3.72. The molecule has 0 saturated carbocycles. The van der Waals surface area contributed by atoms with Crippen molar-refractivity contribution >= 4 is 22.6 Å². The first-order valence-corrected chi connectivity index (χ1v) is 5.95. The van der Waals surface area contributed by atoms with Crippen LogP contribution in [0.3, 0.4) is 0 Å². The predicted molar refractivity (Wildman–Crippen MR) is 70.5 cm³/mol. The summed E-state index contributed by atoms with van der Waals surface area (Å²) in [5.41, 5.74) is 5.24. The maximum Gasteiger partial charge on any atom is 0.175 e. The molecule has 0 fully saturated rings. The molecule has 0 atom stereocenters. The first-order valence-electron chi connectivity index (χ1n) is 4.87. The maximum absolute atomic E-state index is 4.24. The zero-order chi connectivity index (χ0) is 11.0. The number of nitrogens with zero attached hydrogens (tertiary/aromatic N) is 2. The molecular formula is C12H13IN2. The third kappa shape index (κ3) is 1.80. The highest BCUT2D eigenvalue weighted by molar-refractivity contribution is 14.1. The fourth-order valence-corrected chi connectivity index (χ4v) is 2.25. The quantitative estimate of drug-likeness (QED) is 0.738. The largest absolute Gasteiger partial charge is 0.295 e. The van der Waals surface area contributed by atoms with Crippen LogP contribution in [-0.2, 0) is 0 Å². The Morgan fingerprint density at radius 2 is 1.87 bits per heavy atom. The second kappa shape index (κ2) is 3.96. The molecule has 0 N–H and O–H groups in total. The summed E-state index contributed by atoms with van der Waals surface area (Å²) in [5, 5.41) is 0. The van der Waals surface area contributed by atoms with Crippen molar-refractivity contribution in [2.24, 2.45) is 0 Å². The van der Waals surface area contributed by atoms with Gasteiger partial charge in [-0.15, -0.1) is 0 Å². The molecule has 0 spiro atoms. The smallest absolute Gasteiger partial charge is 0.175 e. The zero-order valence-corrected chi connectivity index (χ0v) is 11.2. The molecular weight excluding hydrogens is 299 g/mol. The van der Waals surface area contributed by atoms with Gasteiger partial charge in [-0.2, -0.15) is 0 Å². The summed E-state index contributed by atoms with van der Waals surface area (Å²) in [6.45, 7) is 6.47. The molecule has 0 unspecified atom stereocenters. The Morgan fingerprint density at radius 1 is 1.13 bits per heavy atom. The number of aryl methyl sites for hydroxylation is 1. The monoisotopic (exact) mass is 312 g/mol. The standard InChI is InChI=1S/C12H13IN2/c1-8-4-5-11(10(3)9(8)2)15-7-6-14-12(15)13/h4-7H,1-3H3. The van der Waals surface area contributed by atoms with E-state index in [0.717, 1.165) is 3.83 Å². The molecule has 0 aliphatic rings. The van der Waals surface area contributed by atoms with Crippen molar-refractivity contribution in [2.75, 3.05) is 0 Å². The van der Waals surface area contributed by atoms with Crippen LogP contribution < -0.4 is 0 Å². The Morgan fingerprint density at radius 3 is 2.47 bits per heavy atom. The normalized spacial score (nSPS) is 10.7. The van der Waals surface area contributed by atoms with E-state index in [1.807, 2.05) is 12.4 Å². The van der Waals surface area contributed by atoms with Crippen molar-refractivity contribution in [1.29, 1.82) is 0 Å². The number of hydrogen-bond acceptors (Lipinski definition) is 1. The van der Waals surface area contributed by atoms with Crippen molar-refractivity contribution in [1.82, 2.24) is 9.55 Å². The van der Waals surface area contributed by atoms with Gasteiger partial charge in [-0.3, -0.25) is 4.57 Å². The number of rotatable bonds is 1. The number of benzene rings is 1. The van der Waals surface area contributed by atoms with Gasteiger partial charge in [-0.1, -0.05) is 6.07 Å². The first kappa shape index (κ1) is 10.7. The molecule has 0 saturated heterocycles. The van der Waals surface area contributed by atoms with Gasteiger partial charge in [-0.05, 0) is 43.5 Å². The molecule has 1 aromatic carbocycles. The summed E-state index contributed by atoms with van der Waals surface area (Å²) in [5.74, 6) is 0. The summed E-state index contributed by atoms with van der Waals surface area (Å²) in [4.78, 5) is 4.24. The molecule has 3 heteroatoms. The molecule has 0 bridgehead atoms. The van der Waals surface area contributed by atoms with Gasteiger partial charge in [0, 0.05) is 35.0 Å². The minimum absolute atomic E-state index is 0.999. The summed E-state index contributed by atoms with van der Waals surface area (Å²) in [7, 11) is 0. The van der Waals surface area contributed by atoms with Crippen LogP contribution in [0.4, 0.5) is 0 Å². The van der Waals surface area contributed by atoms with E-state index in [1.165, 1.54) is 22.4 Å². The average molecular weight is 312 g/mol. The van der Waals surface area contributed by atoms with E-state index in [1.54, 1.807) is 0 Å². The van der Waals surface area contributed by atoms with Crippen molar-refractivity contribution in [3.63, 3.8) is 0 Å². The molecule has 0 radical (unpaired) electrons. The maximum atomic E-state index is 4.24. The molecule has 2 nitrogen and oxygen atoms in total. The number of halogens is 1. The molecule has 0 aliphatic carbocycles. The van der Waals surface area contributed by atoms with Crippen LogP contribution in [0, 0.1) is 24.6 Å². The van der Waals surface area contributed by atoms with E-state index in [9.17, 15) is 0 Å². The van der Waals surface area contributed by atoms with Gasteiger partial charge >= 0.3 is 0 Å². The van der Waals surface area contributed by atoms with Crippen molar-refractivity contribution in [3.8, 4) is 5.69 Å². The topological polar surface area (TPSA) is 17.8 Å². The minimum Gasteiger partial charge on any atom is -0.295 e. The van der Waals surface area contributed by atoms with Gasteiger partial charge in [0.1, 0.15) is 0 Å². The van der Waals surface area contributed by atoms with E-state index < -0.39 is 0 Å². The Labute approximate surface area is 103 Å². The second-order valence-corrected chi connectivity index (χ2v) is 4.68. The van der Waals surface area contributed by atoms with Gasteiger partial charge in [0.25, 0.3) is 0 Å². The van der Waals surface area contributed by atoms with Gasteiger partial charge in [0.15, 0.2) is 3.83 Å². The van der Waals surface area contributed by atoms with Crippen molar-refractivity contribution in [3.05, 3.63) is 45.0 Å². The lowest BCUT2D eigenvalue weighted by Gasteiger charge is -2.12. The number of imidazole rings is 1. The molecule has 1 heterocycles. The lowest BCUT2D eigenvalue weighted by atomic mass is 10.0. The summed E-state index contributed by atoms with van der Waals surface area (Å²) in [6, 6.07) is 4.31.